The minimum absolute atomic E-state index is 0.341. The van der Waals surface area contributed by atoms with Gasteiger partial charge in [-0.15, -0.1) is 0 Å². The van der Waals surface area contributed by atoms with Crippen LogP contribution in [0.25, 0.3) is 0 Å². The minimum Gasteiger partial charge on any atom is -0.218 e. The van der Waals surface area contributed by atoms with Gasteiger partial charge in [-0.25, -0.2) is 13.8 Å². The summed E-state index contributed by atoms with van der Waals surface area (Å²) in [7, 11) is 0. The second-order valence-electron chi connectivity index (χ2n) is 2.55. The molecule has 0 spiro atoms. The molecule has 0 saturated carbocycles. The van der Waals surface area contributed by atoms with Crippen LogP contribution in [0.5, 0.6) is 0 Å². The van der Waals surface area contributed by atoms with Crippen LogP contribution in [0.1, 0.15) is 23.2 Å². The second-order valence-corrected chi connectivity index (χ2v) is 3.11. The van der Waals surface area contributed by atoms with E-state index in [4.69, 9.17) is 0 Å². The Kier molecular flexibility index (Phi) is 3.30. The molecule has 1 rings (SSSR count). The van der Waals surface area contributed by atoms with Crippen LogP contribution in [0.15, 0.2) is 6.07 Å². The van der Waals surface area contributed by atoms with Crippen molar-refractivity contribution in [3.8, 4) is 0 Å². The highest BCUT2D eigenvalue weighted by Crippen LogP contribution is 2.24. The summed E-state index contributed by atoms with van der Waals surface area (Å²) >= 11 is 3.09. The number of halogens is 4. The Morgan fingerprint density at radius 2 is 2.15 bits per heavy atom. The largest absolute Gasteiger partial charge is 0.280 e. The lowest BCUT2D eigenvalue weighted by molar-refractivity contribution is 0.144. The van der Waals surface area contributed by atoms with Crippen LogP contribution in [0.2, 0.25) is 0 Å². The third kappa shape index (κ3) is 2.21. The molecule has 0 aliphatic heterocycles. The normalized spacial score (nSPS) is 10.9. The Hall–Kier alpha value is -0.580. The van der Waals surface area contributed by atoms with Crippen LogP contribution < -0.4 is 0 Å². The highest BCUT2D eigenvalue weighted by atomic mass is 79.9. The number of pyridine rings is 1. The molecule has 5 heteroatoms. The smallest absolute Gasteiger partial charge is 0.218 e. The fraction of sp³-hybridized carbons (Fsp3) is 0.375. The van der Waals surface area contributed by atoms with Crippen molar-refractivity contribution in [2.24, 2.45) is 0 Å². The van der Waals surface area contributed by atoms with Gasteiger partial charge in [-0.05, 0) is 24.1 Å². The Balaban J connectivity index is 3.27. The van der Waals surface area contributed by atoms with Gasteiger partial charge in [0.15, 0.2) is 0 Å². The Morgan fingerprint density at radius 3 is 2.62 bits per heavy atom. The fourth-order valence-corrected chi connectivity index (χ4v) is 1.58. The van der Waals surface area contributed by atoms with E-state index in [1.807, 2.05) is 0 Å². The molecule has 0 amide bonds. The van der Waals surface area contributed by atoms with E-state index in [0.29, 0.717) is 16.5 Å². The number of rotatable bonds is 2. The van der Waals surface area contributed by atoms with Crippen LogP contribution in [-0.2, 0) is 5.33 Å². The van der Waals surface area contributed by atoms with Crippen molar-refractivity contribution in [1.82, 2.24) is 4.98 Å². The zero-order valence-corrected chi connectivity index (χ0v) is 8.41. The zero-order valence-electron chi connectivity index (χ0n) is 6.82. The monoisotopic (exact) mass is 253 g/mol. The first-order chi connectivity index (χ1) is 6.06. The molecule has 0 N–H and O–H groups in total. The Morgan fingerprint density at radius 1 is 1.54 bits per heavy atom. The summed E-state index contributed by atoms with van der Waals surface area (Å²) in [6, 6.07) is 1.15. The van der Waals surface area contributed by atoms with Gasteiger partial charge < -0.3 is 0 Å². The summed E-state index contributed by atoms with van der Waals surface area (Å²) in [5.41, 5.74) is 0.366. The maximum Gasteiger partial charge on any atom is 0.280 e. The molecule has 0 radical (unpaired) electrons. The molecule has 1 aromatic rings. The molecule has 0 atom stereocenters. The van der Waals surface area contributed by atoms with Gasteiger partial charge in [0.1, 0.15) is 5.69 Å². The van der Waals surface area contributed by atoms with Crippen LogP contribution >= 0.6 is 15.9 Å². The van der Waals surface area contributed by atoms with E-state index in [1.54, 1.807) is 0 Å². The van der Waals surface area contributed by atoms with E-state index in [-0.39, 0.29) is 0 Å². The van der Waals surface area contributed by atoms with Crippen LogP contribution in [0.4, 0.5) is 13.2 Å². The number of nitrogens with zero attached hydrogens (tertiary/aromatic N) is 1. The molecule has 72 valence electrons. The molecular weight excluding hydrogens is 247 g/mol. The Bertz CT molecular complexity index is 315. The maximum atomic E-state index is 12.7. The molecule has 0 aliphatic carbocycles. The second kappa shape index (κ2) is 4.09. The van der Waals surface area contributed by atoms with Crippen molar-refractivity contribution in [2.75, 3.05) is 0 Å². The lowest BCUT2D eigenvalue weighted by Gasteiger charge is -2.07. The van der Waals surface area contributed by atoms with Crippen molar-refractivity contribution in [2.45, 2.75) is 18.7 Å². The number of alkyl halides is 3. The average Bonchev–Trinajstić information content (AvgIpc) is 2.08. The quantitative estimate of drug-likeness (QED) is 0.582. The van der Waals surface area contributed by atoms with Crippen LogP contribution in [0, 0.1) is 12.9 Å². The molecule has 0 aromatic carbocycles. The minimum atomic E-state index is -2.73. The van der Waals surface area contributed by atoms with E-state index in [0.717, 1.165) is 6.07 Å². The number of hydrogen-bond acceptors (Lipinski definition) is 1. The molecular formula is C8H7BrF3N. The highest BCUT2D eigenvalue weighted by Gasteiger charge is 2.16. The Labute approximate surface area is 82.1 Å². The van der Waals surface area contributed by atoms with Crippen molar-refractivity contribution in [1.29, 1.82) is 0 Å². The van der Waals surface area contributed by atoms with Gasteiger partial charge in [0.05, 0.1) is 0 Å². The lowest BCUT2D eigenvalue weighted by Crippen LogP contribution is -2.01. The van der Waals surface area contributed by atoms with E-state index >= 15 is 0 Å². The topological polar surface area (TPSA) is 12.9 Å². The summed E-state index contributed by atoms with van der Waals surface area (Å²) in [5, 5.41) is 0.345. The third-order valence-electron chi connectivity index (χ3n) is 1.74. The third-order valence-corrected chi connectivity index (χ3v) is 2.34. The van der Waals surface area contributed by atoms with Gasteiger partial charge in [0, 0.05) is 5.33 Å². The van der Waals surface area contributed by atoms with E-state index < -0.39 is 18.1 Å². The van der Waals surface area contributed by atoms with Gasteiger partial charge in [-0.1, -0.05) is 15.9 Å². The van der Waals surface area contributed by atoms with Crippen LogP contribution in [0.3, 0.4) is 0 Å². The van der Waals surface area contributed by atoms with E-state index in [9.17, 15) is 13.2 Å². The summed E-state index contributed by atoms with van der Waals surface area (Å²) < 4.78 is 37.2. The van der Waals surface area contributed by atoms with Crippen LogP contribution in [-0.4, -0.2) is 4.98 Å². The summed E-state index contributed by atoms with van der Waals surface area (Å²) in [6.07, 6.45) is -2.73. The van der Waals surface area contributed by atoms with Gasteiger partial charge in [-0.2, -0.15) is 4.39 Å². The van der Waals surface area contributed by atoms with Crippen molar-refractivity contribution in [3.63, 3.8) is 0 Å². The molecule has 0 aliphatic rings. The number of aromatic nitrogens is 1. The zero-order chi connectivity index (χ0) is 10.0. The summed E-state index contributed by atoms with van der Waals surface area (Å²) in [5.74, 6) is -0.865. The first kappa shape index (κ1) is 10.5. The van der Waals surface area contributed by atoms with E-state index in [1.165, 1.54) is 6.92 Å². The van der Waals surface area contributed by atoms with Gasteiger partial charge in [0.2, 0.25) is 5.95 Å². The molecule has 0 unspecified atom stereocenters. The van der Waals surface area contributed by atoms with Gasteiger partial charge >= 0.3 is 0 Å². The van der Waals surface area contributed by atoms with Crippen molar-refractivity contribution < 1.29 is 13.2 Å². The predicted molar refractivity (Wildman–Crippen MR) is 46.5 cm³/mol. The first-order valence-electron chi connectivity index (χ1n) is 3.56. The molecule has 1 nitrogen and oxygen atoms in total. The SMILES string of the molecule is Cc1c(CBr)cc(F)nc1C(F)F. The highest BCUT2D eigenvalue weighted by molar-refractivity contribution is 9.08. The lowest BCUT2D eigenvalue weighted by atomic mass is 10.1. The maximum absolute atomic E-state index is 12.7. The molecule has 1 heterocycles. The first-order valence-corrected chi connectivity index (χ1v) is 4.68. The predicted octanol–water partition coefficient (Wildman–Crippen LogP) is 3.36. The van der Waals surface area contributed by atoms with Crippen molar-refractivity contribution in [3.05, 3.63) is 28.8 Å². The van der Waals surface area contributed by atoms with Gasteiger partial charge in [0.25, 0.3) is 6.43 Å². The molecule has 1 aromatic heterocycles. The molecule has 0 saturated heterocycles. The summed E-state index contributed by atoms with van der Waals surface area (Å²) in [6.45, 7) is 1.50. The van der Waals surface area contributed by atoms with E-state index in [2.05, 4.69) is 20.9 Å². The average molecular weight is 254 g/mol. The number of hydrogen-bond donors (Lipinski definition) is 0. The van der Waals surface area contributed by atoms with Gasteiger partial charge in [-0.3, -0.25) is 0 Å². The molecule has 0 bridgehead atoms. The molecule has 0 fully saturated rings. The summed E-state index contributed by atoms with van der Waals surface area (Å²) in [4.78, 5) is 3.14. The molecule has 13 heavy (non-hydrogen) atoms. The standard InChI is InChI=1S/C8H7BrF3N/c1-4-5(3-9)2-6(10)13-7(4)8(11)12/h2,8H,3H2,1H3. The van der Waals surface area contributed by atoms with Crippen molar-refractivity contribution >= 4 is 15.9 Å². The fourth-order valence-electron chi connectivity index (χ4n) is 0.999.